The molecule has 0 saturated carbocycles. The van der Waals surface area contributed by atoms with E-state index in [1.54, 1.807) is 17.2 Å². The number of rotatable bonds is 3. The summed E-state index contributed by atoms with van der Waals surface area (Å²) in [6.45, 7) is 1.15. The second kappa shape index (κ2) is 5.53. The first-order chi connectivity index (χ1) is 8.56. The fraction of sp³-hybridized carbons (Fsp3) is 0.455. The topological polar surface area (TPSA) is 82.6 Å². The second-order valence-corrected chi connectivity index (χ2v) is 4.99. The quantitative estimate of drug-likeness (QED) is 0.874. The number of aliphatic carboxylic acids is 1. The largest absolute Gasteiger partial charge is 0.481 e. The molecule has 1 aromatic heterocycles. The highest BCUT2D eigenvalue weighted by Gasteiger charge is 2.27. The Morgan fingerprint density at radius 2 is 2.39 bits per heavy atom. The number of aromatic amines is 1. The highest BCUT2D eigenvalue weighted by atomic mass is 79.9. The summed E-state index contributed by atoms with van der Waals surface area (Å²) in [4.78, 5) is 27.2. The SMILES string of the molecule is O=C(O)C[C@@H]1CN(C(=O)c2cc(Br)c[nH]2)CCO1. The first-order valence-corrected chi connectivity index (χ1v) is 6.32. The third-order valence-electron chi connectivity index (χ3n) is 2.71. The summed E-state index contributed by atoms with van der Waals surface area (Å²) < 4.78 is 6.12. The molecule has 7 heteroatoms. The number of nitrogens with one attached hydrogen (secondary N) is 1. The lowest BCUT2D eigenvalue weighted by atomic mass is 10.2. The van der Waals surface area contributed by atoms with Crippen molar-refractivity contribution in [3.05, 3.63) is 22.4 Å². The van der Waals surface area contributed by atoms with Crippen LogP contribution >= 0.6 is 15.9 Å². The molecule has 2 heterocycles. The normalized spacial score (nSPS) is 19.8. The van der Waals surface area contributed by atoms with Crippen molar-refractivity contribution in [3.63, 3.8) is 0 Å². The summed E-state index contributed by atoms with van der Waals surface area (Å²) in [7, 11) is 0. The van der Waals surface area contributed by atoms with Gasteiger partial charge in [0, 0.05) is 23.8 Å². The van der Waals surface area contributed by atoms with Gasteiger partial charge in [0.15, 0.2) is 0 Å². The molecule has 0 spiro atoms. The standard InChI is InChI=1S/C11H13BrN2O4/c12-7-3-9(13-5-7)11(17)14-1-2-18-8(6-14)4-10(15)16/h3,5,8,13H,1-2,4,6H2,(H,15,16)/t8-/m1/s1. The molecule has 1 saturated heterocycles. The van der Waals surface area contributed by atoms with Crippen molar-refractivity contribution >= 4 is 27.8 Å². The average molecular weight is 317 g/mol. The van der Waals surface area contributed by atoms with Crippen molar-refractivity contribution in [1.82, 2.24) is 9.88 Å². The Hall–Kier alpha value is -1.34. The Morgan fingerprint density at radius 1 is 1.61 bits per heavy atom. The fourth-order valence-corrected chi connectivity index (χ4v) is 2.23. The molecular formula is C11H13BrN2O4. The van der Waals surface area contributed by atoms with E-state index in [4.69, 9.17) is 9.84 Å². The predicted octanol–water partition coefficient (Wildman–Crippen LogP) is 1.09. The summed E-state index contributed by atoms with van der Waals surface area (Å²) >= 11 is 3.26. The number of carboxylic acid groups (broad SMARTS) is 1. The molecule has 2 N–H and O–H groups in total. The van der Waals surface area contributed by atoms with Gasteiger partial charge in [-0.15, -0.1) is 0 Å². The van der Waals surface area contributed by atoms with Gasteiger partial charge in [-0.2, -0.15) is 0 Å². The van der Waals surface area contributed by atoms with Crippen molar-refractivity contribution in [2.45, 2.75) is 12.5 Å². The van der Waals surface area contributed by atoms with Crippen LogP contribution in [0.1, 0.15) is 16.9 Å². The maximum absolute atomic E-state index is 12.1. The first-order valence-electron chi connectivity index (χ1n) is 5.53. The van der Waals surface area contributed by atoms with Crippen molar-refractivity contribution in [2.24, 2.45) is 0 Å². The highest BCUT2D eigenvalue weighted by Crippen LogP contribution is 2.15. The molecule has 6 nitrogen and oxygen atoms in total. The summed E-state index contributed by atoms with van der Waals surface area (Å²) in [5.41, 5.74) is 0.484. The van der Waals surface area contributed by atoms with Gasteiger partial charge in [0.05, 0.1) is 19.1 Å². The van der Waals surface area contributed by atoms with E-state index in [-0.39, 0.29) is 12.3 Å². The van der Waals surface area contributed by atoms with Crippen molar-refractivity contribution in [1.29, 1.82) is 0 Å². The highest BCUT2D eigenvalue weighted by molar-refractivity contribution is 9.10. The monoisotopic (exact) mass is 316 g/mol. The van der Waals surface area contributed by atoms with Crippen LogP contribution in [0.5, 0.6) is 0 Å². The van der Waals surface area contributed by atoms with Crippen LogP contribution in [0.4, 0.5) is 0 Å². The van der Waals surface area contributed by atoms with E-state index in [1.165, 1.54) is 0 Å². The number of nitrogens with zero attached hydrogens (tertiary/aromatic N) is 1. The van der Waals surface area contributed by atoms with Gasteiger partial charge in [0.1, 0.15) is 5.69 Å². The zero-order valence-electron chi connectivity index (χ0n) is 9.56. The van der Waals surface area contributed by atoms with Gasteiger partial charge in [-0.05, 0) is 22.0 Å². The number of carbonyl (C=O) groups excluding carboxylic acids is 1. The van der Waals surface area contributed by atoms with Crippen LogP contribution in [0.15, 0.2) is 16.7 Å². The Balaban J connectivity index is 2.00. The van der Waals surface area contributed by atoms with Crippen LogP contribution < -0.4 is 0 Å². The lowest BCUT2D eigenvalue weighted by Crippen LogP contribution is -2.46. The van der Waals surface area contributed by atoms with E-state index in [9.17, 15) is 9.59 Å². The number of hydrogen-bond acceptors (Lipinski definition) is 3. The lowest BCUT2D eigenvalue weighted by Gasteiger charge is -2.32. The van der Waals surface area contributed by atoms with Crippen LogP contribution in [0.25, 0.3) is 0 Å². The average Bonchev–Trinajstić information content (AvgIpc) is 2.74. The van der Waals surface area contributed by atoms with E-state index in [1.807, 2.05) is 0 Å². The van der Waals surface area contributed by atoms with Gasteiger partial charge in [-0.3, -0.25) is 9.59 Å². The number of ether oxygens (including phenoxy) is 1. The van der Waals surface area contributed by atoms with E-state index in [2.05, 4.69) is 20.9 Å². The Labute approximate surface area is 112 Å². The number of halogens is 1. The number of hydrogen-bond donors (Lipinski definition) is 2. The molecule has 1 fully saturated rings. The number of carbonyl (C=O) groups is 2. The summed E-state index contributed by atoms with van der Waals surface area (Å²) in [6.07, 6.45) is 1.17. The molecule has 18 heavy (non-hydrogen) atoms. The Morgan fingerprint density at radius 3 is 3.00 bits per heavy atom. The smallest absolute Gasteiger partial charge is 0.306 e. The van der Waals surface area contributed by atoms with E-state index >= 15 is 0 Å². The minimum atomic E-state index is -0.920. The maximum Gasteiger partial charge on any atom is 0.306 e. The van der Waals surface area contributed by atoms with E-state index in [0.717, 1.165) is 4.47 Å². The van der Waals surface area contributed by atoms with Crippen molar-refractivity contribution < 1.29 is 19.4 Å². The van der Waals surface area contributed by atoms with Crippen LogP contribution in [0.2, 0.25) is 0 Å². The molecule has 1 aliphatic rings. The maximum atomic E-state index is 12.1. The Bertz CT molecular complexity index is 460. The van der Waals surface area contributed by atoms with Crippen molar-refractivity contribution in [2.75, 3.05) is 19.7 Å². The first kappa shape index (κ1) is 13.1. The lowest BCUT2D eigenvalue weighted by molar-refractivity contribution is -0.141. The minimum Gasteiger partial charge on any atom is -0.481 e. The molecule has 0 aliphatic carbocycles. The molecule has 98 valence electrons. The summed E-state index contributed by atoms with van der Waals surface area (Å²) in [5.74, 6) is -1.06. The number of aromatic nitrogens is 1. The van der Waals surface area contributed by atoms with Crippen LogP contribution in [0, 0.1) is 0 Å². The predicted molar refractivity (Wildman–Crippen MR) is 66.4 cm³/mol. The zero-order chi connectivity index (χ0) is 13.1. The van der Waals surface area contributed by atoms with E-state index < -0.39 is 12.1 Å². The second-order valence-electron chi connectivity index (χ2n) is 4.07. The van der Waals surface area contributed by atoms with Gasteiger partial charge >= 0.3 is 5.97 Å². The van der Waals surface area contributed by atoms with E-state index in [0.29, 0.717) is 25.4 Å². The summed E-state index contributed by atoms with van der Waals surface area (Å²) in [5, 5.41) is 8.72. The minimum absolute atomic E-state index is 0.0851. The fourth-order valence-electron chi connectivity index (χ4n) is 1.88. The molecule has 1 amide bonds. The van der Waals surface area contributed by atoms with Gasteiger partial charge in [-0.25, -0.2) is 0 Å². The van der Waals surface area contributed by atoms with Gasteiger partial charge in [-0.1, -0.05) is 0 Å². The number of H-pyrrole nitrogens is 1. The number of amides is 1. The van der Waals surface area contributed by atoms with Crippen LogP contribution in [-0.4, -0.2) is 52.7 Å². The van der Waals surface area contributed by atoms with Crippen LogP contribution in [0.3, 0.4) is 0 Å². The van der Waals surface area contributed by atoms with Crippen molar-refractivity contribution in [3.8, 4) is 0 Å². The summed E-state index contributed by atoms with van der Waals surface area (Å²) in [6, 6.07) is 1.70. The molecule has 2 rings (SSSR count). The third kappa shape index (κ3) is 3.11. The Kier molecular flexibility index (Phi) is 4.03. The molecule has 0 radical (unpaired) electrons. The molecule has 0 aromatic carbocycles. The van der Waals surface area contributed by atoms with Gasteiger partial charge in [0.2, 0.25) is 0 Å². The molecule has 1 aromatic rings. The molecule has 0 unspecified atom stereocenters. The molecule has 1 atom stereocenters. The zero-order valence-corrected chi connectivity index (χ0v) is 11.1. The molecule has 0 bridgehead atoms. The van der Waals surface area contributed by atoms with Gasteiger partial charge < -0.3 is 19.7 Å². The van der Waals surface area contributed by atoms with Crippen LogP contribution in [-0.2, 0) is 9.53 Å². The number of morpholine rings is 1. The molecule has 1 aliphatic heterocycles. The third-order valence-corrected chi connectivity index (χ3v) is 3.16. The number of carboxylic acids is 1. The molecular weight excluding hydrogens is 304 g/mol. The van der Waals surface area contributed by atoms with Gasteiger partial charge in [0.25, 0.3) is 5.91 Å².